The van der Waals surface area contributed by atoms with E-state index in [4.69, 9.17) is 10.8 Å². The van der Waals surface area contributed by atoms with Crippen LogP contribution in [0.2, 0.25) is 0 Å². The van der Waals surface area contributed by atoms with Crippen molar-refractivity contribution in [2.75, 3.05) is 6.61 Å². The highest BCUT2D eigenvalue weighted by molar-refractivity contribution is 5.36. The molecule has 0 bridgehead atoms. The molecule has 0 atom stereocenters. The van der Waals surface area contributed by atoms with E-state index < -0.39 is 0 Å². The lowest BCUT2D eigenvalue weighted by Gasteiger charge is -2.26. The van der Waals surface area contributed by atoms with Gasteiger partial charge in [-0.1, -0.05) is 0 Å². The monoisotopic (exact) mass is 161 g/mol. The van der Waals surface area contributed by atoms with Crippen LogP contribution in [0.3, 0.4) is 0 Å². The van der Waals surface area contributed by atoms with Gasteiger partial charge in [-0.05, 0) is 19.8 Å². The Morgan fingerprint density at radius 1 is 1.73 bits per heavy atom. The van der Waals surface area contributed by atoms with E-state index in [0.29, 0.717) is 19.1 Å². The number of rotatable bonds is 2. The quantitative estimate of drug-likeness (QED) is 0.543. The summed E-state index contributed by atoms with van der Waals surface area (Å²) in [6, 6.07) is 0.292. The van der Waals surface area contributed by atoms with E-state index in [-0.39, 0.29) is 6.10 Å². The van der Waals surface area contributed by atoms with E-state index >= 15 is 0 Å². The van der Waals surface area contributed by atoms with Gasteiger partial charge in [0.25, 0.3) is 6.47 Å². The normalized spacial score (nSPS) is 27.5. The highest BCUT2D eigenvalue weighted by atomic mass is 16.5. The van der Waals surface area contributed by atoms with Gasteiger partial charge in [-0.2, -0.15) is 0 Å². The van der Waals surface area contributed by atoms with Gasteiger partial charge in [0, 0.05) is 6.04 Å². The predicted molar refractivity (Wildman–Crippen MR) is 40.9 cm³/mol. The van der Waals surface area contributed by atoms with Gasteiger partial charge in [-0.3, -0.25) is 4.79 Å². The average Bonchev–Trinajstić information content (AvgIpc) is 1.88. The van der Waals surface area contributed by atoms with Crippen LogP contribution in [-0.2, 0) is 9.53 Å². The minimum absolute atomic E-state index is 0.0833. The van der Waals surface area contributed by atoms with Crippen LogP contribution in [0.4, 0.5) is 0 Å². The summed E-state index contributed by atoms with van der Waals surface area (Å²) < 4.78 is 4.15. The zero-order valence-electron chi connectivity index (χ0n) is 6.69. The summed E-state index contributed by atoms with van der Waals surface area (Å²) >= 11 is 0. The Balaban J connectivity index is 0.000000187. The standard InChI is InChI=1S/C4H9NO.C3H6O2/c5-3-1-4(6)2-3;1-2-5-3-4/h3-4,6H,1-2,5H2;3H,2H2,1H3. The third-order valence-corrected chi connectivity index (χ3v) is 1.38. The molecule has 0 radical (unpaired) electrons. The molecule has 0 aliphatic heterocycles. The van der Waals surface area contributed by atoms with Gasteiger partial charge in [0.05, 0.1) is 12.7 Å². The first-order valence-corrected chi connectivity index (χ1v) is 3.69. The average molecular weight is 161 g/mol. The van der Waals surface area contributed by atoms with Crippen molar-refractivity contribution >= 4 is 6.47 Å². The van der Waals surface area contributed by atoms with Crippen LogP contribution in [0, 0.1) is 0 Å². The van der Waals surface area contributed by atoms with E-state index in [2.05, 4.69) is 4.74 Å². The first kappa shape index (κ1) is 10.4. The van der Waals surface area contributed by atoms with Crippen LogP contribution in [-0.4, -0.2) is 30.3 Å². The second-order valence-corrected chi connectivity index (χ2v) is 2.44. The molecular formula is C7H15NO3. The van der Waals surface area contributed by atoms with Gasteiger partial charge in [0.2, 0.25) is 0 Å². The molecule has 0 heterocycles. The molecule has 4 nitrogen and oxygen atoms in total. The highest BCUT2D eigenvalue weighted by Gasteiger charge is 2.22. The van der Waals surface area contributed by atoms with Crippen molar-refractivity contribution in [3.63, 3.8) is 0 Å². The van der Waals surface area contributed by atoms with Gasteiger partial charge in [-0.25, -0.2) is 0 Å². The lowest BCUT2D eigenvalue weighted by molar-refractivity contribution is -0.128. The van der Waals surface area contributed by atoms with Crippen molar-refractivity contribution < 1.29 is 14.6 Å². The Morgan fingerprint density at radius 2 is 2.27 bits per heavy atom. The second-order valence-electron chi connectivity index (χ2n) is 2.44. The maximum Gasteiger partial charge on any atom is 0.293 e. The molecule has 3 N–H and O–H groups in total. The fourth-order valence-electron chi connectivity index (χ4n) is 0.698. The van der Waals surface area contributed by atoms with Gasteiger partial charge in [0.1, 0.15) is 0 Å². The molecule has 0 aromatic carbocycles. The molecule has 0 unspecified atom stereocenters. The molecule has 1 fully saturated rings. The Labute approximate surface area is 66.3 Å². The summed E-state index contributed by atoms with van der Waals surface area (Å²) in [7, 11) is 0. The zero-order chi connectivity index (χ0) is 8.69. The van der Waals surface area contributed by atoms with Gasteiger partial charge in [-0.15, -0.1) is 0 Å². The molecule has 66 valence electrons. The fourth-order valence-corrected chi connectivity index (χ4v) is 0.698. The van der Waals surface area contributed by atoms with E-state index in [1.54, 1.807) is 6.92 Å². The molecule has 11 heavy (non-hydrogen) atoms. The van der Waals surface area contributed by atoms with Crippen molar-refractivity contribution in [1.82, 2.24) is 0 Å². The first-order chi connectivity index (χ1) is 5.20. The summed E-state index contributed by atoms with van der Waals surface area (Å²) in [5, 5.41) is 8.54. The summed E-state index contributed by atoms with van der Waals surface area (Å²) in [6.07, 6.45) is 1.53. The van der Waals surface area contributed by atoms with Crippen molar-refractivity contribution in [1.29, 1.82) is 0 Å². The molecule has 1 aliphatic carbocycles. The number of aliphatic hydroxyl groups excluding tert-OH is 1. The van der Waals surface area contributed by atoms with Crippen molar-refractivity contribution in [3.05, 3.63) is 0 Å². The number of nitrogens with two attached hydrogens (primary N) is 1. The number of carbonyl (C=O) groups excluding carboxylic acids is 1. The molecular weight excluding hydrogens is 146 g/mol. The lowest BCUT2D eigenvalue weighted by Crippen LogP contribution is -2.39. The number of hydrogen-bond acceptors (Lipinski definition) is 4. The van der Waals surface area contributed by atoms with Crippen molar-refractivity contribution in [2.45, 2.75) is 31.9 Å². The number of aliphatic hydroxyl groups is 1. The van der Waals surface area contributed by atoms with Crippen LogP contribution >= 0.6 is 0 Å². The van der Waals surface area contributed by atoms with Gasteiger partial charge in [0.15, 0.2) is 0 Å². The first-order valence-electron chi connectivity index (χ1n) is 3.69. The molecule has 0 saturated heterocycles. The smallest absolute Gasteiger partial charge is 0.293 e. The van der Waals surface area contributed by atoms with Crippen molar-refractivity contribution in [2.24, 2.45) is 5.73 Å². The minimum Gasteiger partial charge on any atom is -0.468 e. The molecule has 4 heteroatoms. The number of carbonyl (C=O) groups is 1. The fraction of sp³-hybridized carbons (Fsp3) is 0.857. The van der Waals surface area contributed by atoms with Crippen LogP contribution in [0.5, 0.6) is 0 Å². The topological polar surface area (TPSA) is 72.5 Å². The zero-order valence-corrected chi connectivity index (χ0v) is 6.69. The van der Waals surface area contributed by atoms with E-state index in [1.807, 2.05) is 0 Å². The Hall–Kier alpha value is -0.610. The SMILES string of the molecule is CCOC=O.NC1CC(O)C1. The second kappa shape index (κ2) is 6.12. The Kier molecular flexibility index (Phi) is 5.78. The third kappa shape index (κ3) is 5.82. The van der Waals surface area contributed by atoms with Crippen LogP contribution in [0.25, 0.3) is 0 Å². The Bertz CT molecular complexity index is 95.9. The summed E-state index contributed by atoms with van der Waals surface area (Å²) in [5.41, 5.74) is 5.31. The third-order valence-electron chi connectivity index (χ3n) is 1.38. The minimum atomic E-state index is -0.0833. The lowest BCUT2D eigenvalue weighted by atomic mass is 9.91. The summed E-state index contributed by atoms with van der Waals surface area (Å²) in [5.74, 6) is 0. The van der Waals surface area contributed by atoms with E-state index in [0.717, 1.165) is 12.8 Å². The maximum absolute atomic E-state index is 9.18. The summed E-state index contributed by atoms with van der Waals surface area (Å²) in [6.45, 7) is 2.66. The molecule has 1 saturated carbocycles. The molecule has 1 aliphatic rings. The Morgan fingerprint density at radius 3 is 2.27 bits per heavy atom. The van der Waals surface area contributed by atoms with Gasteiger partial charge < -0.3 is 15.6 Å². The highest BCUT2D eigenvalue weighted by Crippen LogP contribution is 2.15. The molecule has 0 amide bonds. The number of ether oxygens (including phenoxy) is 1. The predicted octanol–water partition coefficient (Wildman–Crippen LogP) is -0.352. The van der Waals surface area contributed by atoms with E-state index in [9.17, 15) is 4.79 Å². The largest absolute Gasteiger partial charge is 0.468 e. The molecule has 1 rings (SSSR count). The van der Waals surface area contributed by atoms with Crippen LogP contribution in [0.15, 0.2) is 0 Å². The van der Waals surface area contributed by atoms with Gasteiger partial charge >= 0.3 is 0 Å². The van der Waals surface area contributed by atoms with Crippen LogP contribution < -0.4 is 5.73 Å². The van der Waals surface area contributed by atoms with Crippen LogP contribution in [0.1, 0.15) is 19.8 Å². The summed E-state index contributed by atoms with van der Waals surface area (Å²) in [4.78, 5) is 9.18. The molecule has 0 aromatic rings. The molecule has 0 aromatic heterocycles. The van der Waals surface area contributed by atoms with Crippen molar-refractivity contribution in [3.8, 4) is 0 Å². The number of hydrogen-bond donors (Lipinski definition) is 2. The molecule has 0 spiro atoms. The maximum atomic E-state index is 9.18. The van der Waals surface area contributed by atoms with E-state index in [1.165, 1.54) is 0 Å².